The largest absolute Gasteiger partial charge is 0.494 e. The Bertz CT molecular complexity index is 873. The monoisotopic (exact) mass is 353 g/mol. The standard InChI is InChI=1S/C19H23N5O2/c1-3-26-17-8-6-16(7-9-17)22-19(25)20-10-4-5-15-12-21-18-11-14(2)23-24(18)13-15/h6-9,11-13H,3-5,10H2,1-2H3,(H2,20,22,25). The number of ether oxygens (including phenoxy) is 1. The van der Waals surface area contributed by atoms with Crippen molar-refractivity contribution < 1.29 is 9.53 Å². The summed E-state index contributed by atoms with van der Waals surface area (Å²) in [6, 6.07) is 9.02. The average Bonchev–Trinajstić information content (AvgIpc) is 3.00. The number of rotatable bonds is 7. The van der Waals surface area contributed by atoms with Crippen LogP contribution in [0.25, 0.3) is 5.65 Å². The number of carbonyl (C=O) groups excluding carboxylic acids is 1. The quantitative estimate of drug-likeness (QED) is 0.639. The van der Waals surface area contributed by atoms with E-state index in [0.717, 1.165) is 41.2 Å². The first-order chi connectivity index (χ1) is 12.6. The summed E-state index contributed by atoms with van der Waals surface area (Å²) in [6.45, 7) is 5.08. The summed E-state index contributed by atoms with van der Waals surface area (Å²) in [5, 5.41) is 10.0. The van der Waals surface area contributed by atoms with Crippen molar-refractivity contribution in [3.63, 3.8) is 0 Å². The normalized spacial score (nSPS) is 10.7. The van der Waals surface area contributed by atoms with E-state index >= 15 is 0 Å². The maximum Gasteiger partial charge on any atom is 0.319 e. The number of nitrogens with one attached hydrogen (secondary N) is 2. The van der Waals surface area contributed by atoms with Crippen LogP contribution < -0.4 is 15.4 Å². The predicted octanol–water partition coefficient (Wildman–Crippen LogP) is 3.19. The molecule has 0 aliphatic rings. The van der Waals surface area contributed by atoms with Gasteiger partial charge >= 0.3 is 6.03 Å². The molecule has 26 heavy (non-hydrogen) atoms. The summed E-state index contributed by atoms with van der Waals surface area (Å²) in [5.74, 6) is 0.788. The number of aromatic nitrogens is 3. The number of urea groups is 1. The van der Waals surface area contributed by atoms with Gasteiger partial charge in [0, 0.05) is 30.7 Å². The Labute approximate surface area is 152 Å². The molecule has 7 nitrogen and oxygen atoms in total. The lowest BCUT2D eigenvalue weighted by Gasteiger charge is -2.09. The molecule has 3 rings (SSSR count). The van der Waals surface area contributed by atoms with Gasteiger partial charge in [-0.2, -0.15) is 5.10 Å². The first-order valence-corrected chi connectivity index (χ1v) is 8.72. The van der Waals surface area contributed by atoms with E-state index in [1.807, 2.05) is 56.6 Å². The molecule has 7 heteroatoms. The molecule has 0 aliphatic carbocycles. The van der Waals surface area contributed by atoms with E-state index in [0.29, 0.717) is 13.2 Å². The minimum Gasteiger partial charge on any atom is -0.494 e. The first-order valence-electron chi connectivity index (χ1n) is 8.72. The van der Waals surface area contributed by atoms with Gasteiger partial charge in [-0.05, 0) is 56.5 Å². The van der Waals surface area contributed by atoms with Crippen molar-refractivity contribution in [3.8, 4) is 5.75 Å². The Morgan fingerprint density at radius 2 is 2.08 bits per heavy atom. The molecule has 2 amide bonds. The lowest BCUT2D eigenvalue weighted by molar-refractivity contribution is 0.252. The van der Waals surface area contributed by atoms with Crippen molar-refractivity contribution in [1.29, 1.82) is 0 Å². The fourth-order valence-corrected chi connectivity index (χ4v) is 2.63. The molecule has 1 aromatic carbocycles. The van der Waals surface area contributed by atoms with E-state index < -0.39 is 0 Å². The smallest absolute Gasteiger partial charge is 0.319 e. The molecule has 2 aromatic heterocycles. The van der Waals surface area contributed by atoms with Gasteiger partial charge in [-0.25, -0.2) is 14.3 Å². The molecular formula is C19H23N5O2. The van der Waals surface area contributed by atoms with Crippen LogP contribution in [0.2, 0.25) is 0 Å². The second kappa shape index (κ2) is 8.33. The van der Waals surface area contributed by atoms with Gasteiger partial charge in [-0.15, -0.1) is 0 Å². The van der Waals surface area contributed by atoms with Gasteiger partial charge in [0.1, 0.15) is 5.75 Å². The SMILES string of the molecule is CCOc1ccc(NC(=O)NCCCc2cnc3cc(C)nn3c2)cc1. The summed E-state index contributed by atoms with van der Waals surface area (Å²) >= 11 is 0. The van der Waals surface area contributed by atoms with E-state index in [-0.39, 0.29) is 6.03 Å². The Kier molecular flexibility index (Phi) is 5.68. The third-order valence-corrected chi connectivity index (χ3v) is 3.84. The predicted molar refractivity (Wildman–Crippen MR) is 101 cm³/mol. The molecule has 0 saturated heterocycles. The summed E-state index contributed by atoms with van der Waals surface area (Å²) in [6.07, 6.45) is 5.49. The second-order valence-electron chi connectivity index (χ2n) is 5.99. The Balaban J connectivity index is 1.41. The number of nitrogens with zero attached hydrogens (tertiary/aromatic N) is 3. The van der Waals surface area contributed by atoms with E-state index in [2.05, 4.69) is 20.7 Å². The molecule has 3 aromatic rings. The van der Waals surface area contributed by atoms with Crippen LogP contribution in [-0.2, 0) is 6.42 Å². The van der Waals surface area contributed by atoms with Crippen LogP contribution in [0.3, 0.4) is 0 Å². The maximum absolute atomic E-state index is 11.9. The number of amides is 2. The highest BCUT2D eigenvalue weighted by molar-refractivity contribution is 5.89. The van der Waals surface area contributed by atoms with Gasteiger partial charge in [-0.3, -0.25) is 0 Å². The van der Waals surface area contributed by atoms with Crippen molar-refractivity contribution in [2.45, 2.75) is 26.7 Å². The number of benzene rings is 1. The molecule has 0 atom stereocenters. The number of hydrogen-bond donors (Lipinski definition) is 2. The van der Waals surface area contributed by atoms with Crippen LogP contribution in [0.1, 0.15) is 24.6 Å². The fourth-order valence-electron chi connectivity index (χ4n) is 2.63. The summed E-state index contributed by atoms with van der Waals surface area (Å²) in [7, 11) is 0. The molecule has 0 radical (unpaired) electrons. The van der Waals surface area contributed by atoms with Crippen LogP contribution in [-0.4, -0.2) is 33.8 Å². The second-order valence-corrected chi connectivity index (χ2v) is 5.99. The third kappa shape index (κ3) is 4.72. The van der Waals surface area contributed by atoms with Gasteiger partial charge in [0.2, 0.25) is 0 Å². The fraction of sp³-hybridized carbons (Fsp3) is 0.316. The van der Waals surface area contributed by atoms with E-state index in [1.165, 1.54) is 0 Å². The van der Waals surface area contributed by atoms with Gasteiger partial charge in [0.05, 0.1) is 12.3 Å². The van der Waals surface area contributed by atoms with Gasteiger partial charge in [0.15, 0.2) is 5.65 Å². The first kappa shape index (κ1) is 17.7. The van der Waals surface area contributed by atoms with Crippen LogP contribution >= 0.6 is 0 Å². The molecule has 2 N–H and O–H groups in total. The Morgan fingerprint density at radius 1 is 1.27 bits per heavy atom. The number of aryl methyl sites for hydroxylation is 2. The minimum absolute atomic E-state index is 0.217. The highest BCUT2D eigenvalue weighted by Crippen LogP contribution is 2.15. The van der Waals surface area contributed by atoms with Crippen molar-refractivity contribution in [2.75, 3.05) is 18.5 Å². The molecule has 136 valence electrons. The van der Waals surface area contributed by atoms with Crippen molar-refractivity contribution in [3.05, 3.63) is 54.0 Å². The third-order valence-electron chi connectivity index (χ3n) is 3.84. The molecule has 0 unspecified atom stereocenters. The molecule has 0 bridgehead atoms. The summed E-state index contributed by atoms with van der Waals surface area (Å²) in [5.41, 5.74) is 3.62. The van der Waals surface area contributed by atoms with Crippen molar-refractivity contribution in [1.82, 2.24) is 19.9 Å². The number of carbonyl (C=O) groups is 1. The van der Waals surface area contributed by atoms with E-state index in [4.69, 9.17) is 4.74 Å². The zero-order chi connectivity index (χ0) is 18.4. The molecule has 0 aliphatic heterocycles. The zero-order valence-corrected chi connectivity index (χ0v) is 15.0. The molecule has 0 spiro atoms. The molecule has 0 saturated carbocycles. The maximum atomic E-state index is 11.9. The topological polar surface area (TPSA) is 80.5 Å². The van der Waals surface area contributed by atoms with Gasteiger partial charge in [-0.1, -0.05) is 0 Å². The molecule has 0 fully saturated rings. The van der Waals surface area contributed by atoms with Crippen molar-refractivity contribution >= 4 is 17.4 Å². The molecule has 2 heterocycles. The van der Waals surface area contributed by atoms with Crippen molar-refractivity contribution in [2.24, 2.45) is 0 Å². The highest BCUT2D eigenvalue weighted by atomic mass is 16.5. The average molecular weight is 353 g/mol. The van der Waals surface area contributed by atoms with Crippen LogP contribution in [0.4, 0.5) is 10.5 Å². The van der Waals surface area contributed by atoms with Gasteiger partial charge in [0.25, 0.3) is 0 Å². The lowest BCUT2D eigenvalue weighted by Crippen LogP contribution is -2.29. The van der Waals surface area contributed by atoms with Gasteiger partial charge < -0.3 is 15.4 Å². The van der Waals surface area contributed by atoms with Crippen LogP contribution in [0.15, 0.2) is 42.7 Å². The number of anilines is 1. The summed E-state index contributed by atoms with van der Waals surface area (Å²) in [4.78, 5) is 16.3. The number of fused-ring (bicyclic) bond motifs is 1. The Morgan fingerprint density at radius 3 is 2.85 bits per heavy atom. The molecular weight excluding hydrogens is 330 g/mol. The lowest BCUT2D eigenvalue weighted by atomic mass is 10.2. The zero-order valence-electron chi connectivity index (χ0n) is 15.0. The number of hydrogen-bond acceptors (Lipinski definition) is 4. The van der Waals surface area contributed by atoms with Crippen LogP contribution in [0.5, 0.6) is 5.75 Å². The van der Waals surface area contributed by atoms with Crippen LogP contribution in [0, 0.1) is 6.92 Å². The summed E-state index contributed by atoms with van der Waals surface area (Å²) < 4.78 is 7.16. The van der Waals surface area contributed by atoms with E-state index in [9.17, 15) is 4.79 Å². The Hall–Kier alpha value is -3.09. The minimum atomic E-state index is -0.217. The van der Waals surface area contributed by atoms with E-state index in [1.54, 1.807) is 4.52 Å². The highest BCUT2D eigenvalue weighted by Gasteiger charge is 2.03.